The SMILES string of the molecule is CN1CCC(CN(C)c2nccc(CO)c2F)CC1. The van der Waals surface area contributed by atoms with Gasteiger partial charge in [0.05, 0.1) is 6.61 Å². The van der Waals surface area contributed by atoms with Crippen LogP contribution in [0.15, 0.2) is 12.3 Å². The number of hydrogen-bond donors (Lipinski definition) is 1. The second-order valence-corrected chi connectivity index (χ2v) is 5.39. The molecule has 0 radical (unpaired) electrons. The Bertz CT molecular complexity index is 419. The van der Waals surface area contributed by atoms with Gasteiger partial charge in [0.2, 0.25) is 0 Å². The Morgan fingerprint density at radius 1 is 1.47 bits per heavy atom. The molecule has 2 rings (SSSR count). The monoisotopic (exact) mass is 267 g/mol. The van der Waals surface area contributed by atoms with Gasteiger partial charge in [0.15, 0.2) is 11.6 Å². The summed E-state index contributed by atoms with van der Waals surface area (Å²) in [6, 6.07) is 1.52. The molecule has 2 heterocycles. The lowest BCUT2D eigenvalue weighted by Crippen LogP contribution is -2.36. The number of rotatable bonds is 4. The van der Waals surface area contributed by atoms with Crippen molar-refractivity contribution in [3.8, 4) is 0 Å². The molecular formula is C14H22FN3O. The molecule has 1 fully saturated rings. The van der Waals surface area contributed by atoms with Gasteiger partial charge >= 0.3 is 0 Å². The molecule has 0 aliphatic carbocycles. The minimum Gasteiger partial charge on any atom is -0.392 e. The third kappa shape index (κ3) is 3.42. The van der Waals surface area contributed by atoms with Crippen LogP contribution in [0.4, 0.5) is 10.2 Å². The van der Waals surface area contributed by atoms with Crippen LogP contribution in [0.25, 0.3) is 0 Å². The number of halogens is 1. The van der Waals surface area contributed by atoms with Gasteiger partial charge < -0.3 is 14.9 Å². The first kappa shape index (κ1) is 14.2. The normalized spacial score (nSPS) is 17.7. The Hall–Kier alpha value is -1.20. The highest BCUT2D eigenvalue weighted by molar-refractivity contribution is 5.42. The molecule has 0 aromatic carbocycles. The number of hydrogen-bond acceptors (Lipinski definition) is 4. The third-order valence-electron chi connectivity index (χ3n) is 3.85. The molecule has 1 aliphatic rings. The fourth-order valence-electron chi connectivity index (χ4n) is 2.58. The number of pyridine rings is 1. The van der Waals surface area contributed by atoms with Crippen LogP contribution < -0.4 is 4.90 Å². The van der Waals surface area contributed by atoms with Crippen LogP contribution in [0.5, 0.6) is 0 Å². The van der Waals surface area contributed by atoms with Crippen molar-refractivity contribution in [3.05, 3.63) is 23.6 Å². The molecule has 4 nitrogen and oxygen atoms in total. The van der Waals surface area contributed by atoms with E-state index in [1.54, 1.807) is 6.20 Å². The van der Waals surface area contributed by atoms with E-state index in [1.807, 2.05) is 11.9 Å². The standard InChI is InChI=1S/C14H22FN3O/c1-17-7-4-11(5-8-17)9-18(2)14-13(15)12(10-19)3-6-16-14/h3,6,11,19H,4-5,7-10H2,1-2H3. The highest BCUT2D eigenvalue weighted by Crippen LogP contribution is 2.22. The molecule has 106 valence electrons. The molecule has 1 aromatic rings. The number of aliphatic hydroxyl groups excluding tert-OH is 1. The molecule has 0 saturated carbocycles. The highest BCUT2D eigenvalue weighted by Gasteiger charge is 2.20. The fraction of sp³-hybridized carbons (Fsp3) is 0.643. The smallest absolute Gasteiger partial charge is 0.171 e. The van der Waals surface area contributed by atoms with Crippen LogP contribution in [-0.2, 0) is 6.61 Å². The van der Waals surface area contributed by atoms with E-state index < -0.39 is 5.82 Å². The van der Waals surface area contributed by atoms with E-state index in [0.717, 1.165) is 32.5 Å². The van der Waals surface area contributed by atoms with E-state index in [2.05, 4.69) is 16.9 Å². The van der Waals surface area contributed by atoms with E-state index in [9.17, 15) is 4.39 Å². The van der Waals surface area contributed by atoms with E-state index in [4.69, 9.17) is 5.11 Å². The largest absolute Gasteiger partial charge is 0.392 e. The van der Waals surface area contributed by atoms with Crippen molar-refractivity contribution in [3.63, 3.8) is 0 Å². The second kappa shape index (κ2) is 6.30. The lowest BCUT2D eigenvalue weighted by molar-refractivity contribution is 0.222. The molecule has 1 aliphatic heterocycles. The number of aliphatic hydroxyl groups is 1. The van der Waals surface area contributed by atoms with Crippen LogP contribution >= 0.6 is 0 Å². The van der Waals surface area contributed by atoms with Crippen molar-refractivity contribution in [2.24, 2.45) is 5.92 Å². The minimum atomic E-state index is -0.402. The van der Waals surface area contributed by atoms with Gasteiger partial charge in [0.25, 0.3) is 0 Å². The van der Waals surface area contributed by atoms with Crippen molar-refractivity contribution >= 4 is 5.82 Å². The van der Waals surface area contributed by atoms with Gasteiger partial charge in [0, 0.05) is 25.4 Å². The summed E-state index contributed by atoms with van der Waals surface area (Å²) in [5, 5.41) is 9.08. The summed E-state index contributed by atoms with van der Waals surface area (Å²) in [6.45, 7) is 2.73. The number of likely N-dealkylation sites (tertiary alicyclic amines) is 1. The van der Waals surface area contributed by atoms with Gasteiger partial charge in [-0.05, 0) is 45.0 Å². The zero-order chi connectivity index (χ0) is 13.8. The summed E-state index contributed by atoms with van der Waals surface area (Å²) in [6.07, 6.45) is 3.83. The highest BCUT2D eigenvalue weighted by atomic mass is 19.1. The molecule has 0 atom stereocenters. The maximum absolute atomic E-state index is 14.1. The zero-order valence-corrected chi connectivity index (χ0v) is 11.6. The predicted octanol–water partition coefficient (Wildman–Crippen LogP) is 1.49. The van der Waals surface area contributed by atoms with Crippen LogP contribution in [0.3, 0.4) is 0 Å². The van der Waals surface area contributed by atoms with Crippen molar-refractivity contribution < 1.29 is 9.50 Å². The number of nitrogens with zero attached hydrogens (tertiary/aromatic N) is 3. The molecule has 5 heteroatoms. The average Bonchev–Trinajstić information content (AvgIpc) is 2.41. The topological polar surface area (TPSA) is 39.6 Å². The van der Waals surface area contributed by atoms with Crippen LogP contribution in [0.2, 0.25) is 0 Å². The fourth-order valence-corrected chi connectivity index (χ4v) is 2.58. The molecule has 1 N–H and O–H groups in total. The molecule has 0 amide bonds. The third-order valence-corrected chi connectivity index (χ3v) is 3.85. The summed E-state index contributed by atoms with van der Waals surface area (Å²) in [4.78, 5) is 8.28. The maximum atomic E-state index is 14.1. The Balaban J connectivity index is 2.01. The summed E-state index contributed by atoms with van der Waals surface area (Å²) >= 11 is 0. The molecular weight excluding hydrogens is 245 g/mol. The number of anilines is 1. The van der Waals surface area contributed by atoms with Crippen molar-refractivity contribution in [2.45, 2.75) is 19.4 Å². The second-order valence-electron chi connectivity index (χ2n) is 5.39. The lowest BCUT2D eigenvalue weighted by Gasteiger charge is -2.32. The summed E-state index contributed by atoms with van der Waals surface area (Å²) in [5.74, 6) is 0.520. The Morgan fingerprint density at radius 3 is 2.79 bits per heavy atom. The Labute approximate surface area is 113 Å². The first-order valence-corrected chi connectivity index (χ1v) is 6.75. The maximum Gasteiger partial charge on any atom is 0.171 e. The summed E-state index contributed by atoms with van der Waals surface area (Å²) in [7, 11) is 4.00. The van der Waals surface area contributed by atoms with Crippen LogP contribution in [0, 0.1) is 11.7 Å². The predicted molar refractivity (Wildman–Crippen MR) is 73.6 cm³/mol. The number of aromatic nitrogens is 1. The van der Waals surface area contributed by atoms with E-state index in [-0.39, 0.29) is 6.61 Å². The number of piperidine rings is 1. The molecule has 19 heavy (non-hydrogen) atoms. The van der Waals surface area contributed by atoms with E-state index in [0.29, 0.717) is 17.3 Å². The van der Waals surface area contributed by atoms with Crippen LogP contribution in [-0.4, -0.2) is 48.7 Å². The minimum absolute atomic E-state index is 0.288. The van der Waals surface area contributed by atoms with Gasteiger partial charge in [0.1, 0.15) is 0 Å². The average molecular weight is 267 g/mol. The first-order chi connectivity index (χ1) is 9.11. The van der Waals surface area contributed by atoms with Crippen LogP contribution in [0.1, 0.15) is 18.4 Å². The van der Waals surface area contributed by atoms with Gasteiger partial charge in [-0.2, -0.15) is 0 Å². The van der Waals surface area contributed by atoms with Gasteiger partial charge in [-0.25, -0.2) is 9.37 Å². The van der Waals surface area contributed by atoms with Gasteiger partial charge in [-0.15, -0.1) is 0 Å². The summed E-state index contributed by atoms with van der Waals surface area (Å²) in [5.41, 5.74) is 0.306. The lowest BCUT2D eigenvalue weighted by atomic mass is 9.96. The quantitative estimate of drug-likeness (QED) is 0.897. The molecule has 0 spiro atoms. The molecule has 1 aromatic heterocycles. The van der Waals surface area contributed by atoms with Crippen molar-refractivity contribution in [1.82, 2.24) is 9.88 Å². The van der Waals surface area contributed by atoms with Crippen molar-refractivity contribution in [1.29, 1.82) is 0 Å². The Kier molecular flexibility index (Phi) is 4.71. The Morgan fingerprint density at radius 2 is 2.16 bits per heavy atom. The zero-order valence-electron chi connectivity index (χ0n) is 11.6. The van der Waals surface area contributed by atoms with Crippen molar-refractivity contribution in [2.75, 3.05) is 38.6 Å². The van der Waals surface area contributed by atoms with Gasteiger partial charge in [-0.3, -0.25) is 0 Å². The molecule has 1 saturated heterocycles. The summed E-state index contributed by atoms with van der Waals surface area (Å²) < 4.78 is 14.1. The van der Waals surface area contributed by atoms with Gasteiger partial charge in [-0.1, -0.05) is 0 Å². The molecule has 0 unspecified atom stereocenters. The van der Waals surface area contributed by atoms with E-state index >= 15 is 0 Å². The molecule has 0 bridgehead atoms. The van der Waals surface area contributed by atoms with E-state index in [1.165, 1.54) is 6.07 Å². The first-order valence-electron chi connectivity index (χ1n) is 6.75.